The zero-order valence-corrected chi connectivity index (χ0v) is 13.9. The average Bonchev–Trinajstić information content (AvgIpc) is 2.97. The molecule has 2 N–H and O–H groups in total. The highest BCUT2D eigenvalue weighted by Gasteiger charge is 2.67. The Bertz CT molecular complexity index is 504. The summed E-state index contributed by atoms with van der Waals surface area (Å²) < 4.78 is 6.70. The molecule has 3 nitrogen and oxygen atoms in total. The number of fused-ring (bicyclic) bond motifs is 1. The summed E-state index contributed by atoms with van der Waals surface area (Å²) in [7, 11) is 2.14. The Hall–Kier alpha value is -0.130. The van der Waals surface area contributed by atoms with Crippen molar-refractivity contribution in [2.75, 3.05) is 20.2 Å². The van der Waals surface area contributed by atoms with E-state index in [2.05, 4.69) is 31.9 Å². The molecule has 1 aromatic heterocycles. The normalized spacial score (nSPS) is 35.1. The highest BCUT2D eigenvalue weighted by atomic mass is 35.5. The van der Waals surface area contributed by atoms with Crippen molar-refractivity contribution in [3.63, 3.8) is 0 Å². The minimum absolute atomic E-state index is 0.0511. The molecule has 1 saturated heterocycles. The lowest BCUT2D eigenvalue weighted by Gasteiger charge is -2.63. The maximum atomic E-state index is 6.78. The highest BCUT2D eigenvalue weighted by molar-refractivity contribution is 7.16. The van der Waals surface area contributed by atoms with Crippen LogP contribution >= 0.6 is 22.9 Å². The molecule has 3 unspecified atom stereocenters. The zero-order chi connectivity index (χ0) is 14.5. The van der Waals surface area contributed by atoms with Gasteiger partial charge in [-0.15, -0.1) is 11.3 Å². The van der Waals surface area contributed by atoms with E-state index in [4.69, 9.17) is 22.1 Å². The quantitative estimate of drug-likeness (QED) is 0.928. The Morgan fingerprint density at radius 3 is 2.90 bits per heavy atom. The summed E-state index contributed by atoms with van der Waals surface area (Å²) in [6.45, 7) is 7.16. The van der Waals surface area contributed by atoms with Crippen molar-refractivity contribution in [3.05, 3.63) is 21.3 Å². The predicted octanol–water partition coefficient (Wildman–Crippen LogP) is 2.98. The van der Waals surface area contributed by atoms with Gasteiger partial charge in [0, 0.05) is 41.4 Å². The van der Waals surface area contributed by atoms with Gasteiger partial charge in [-0.05, 0) is 25.6 Å². The molecule has 1 aliphatic carbocycles. The van der Waals surface area contributed by atoms with Gasteiger partial charge in [-0.2, -0.15) is 0 Å². The lowest BCUT2D eigenvalue weighted by molar-refractivity contribution is -0.162. The first-order valence-electron chi connectivity index (χ1n) is 7.18. The molecule has 0 radical (unpaired) electrons. The van der Waals surface area contributed by atoms with Crippen molar-refractivity contribution in [2.45, 2.75) is 38.5 Å². The van der Waals surface area contributed by atoms with Crippen molar-refractivity contribution in [1.82, 2.24) is 4.90 Å². The van der Waals surface area contributed by atoms with E-state index in [1.54, 1.807) is 11.3 Å². The number of rotatable bonds is 4. The van der Waals surface area contributed by atoms with Gasteiger partial charge in [-0.1, -0.05) is 25.4 Å². The van der Waals surface area contributed by atoms with Crippen LogP contribution in [0.4, 0.5) is 0 Å². The van der Waals surface area contributed by atoms with Crippen LogP contribution in [0.5, 0.6) is 0 Å². The Labute approximate surface area is 130 Å². The third-order valence-corrected chi connectivity index (χ3v) is 6.47. The van der Waals surface area contributed by atoms with Gasteiger partial charge in [0.05, 0.1) is 10.4 Å². The highest BCUT2D eigenvalue weighted by Crippen LogP contribution is 2.58. The molecule has 2 fully saturated rings. The molecular weight excluding hydrogens is 292 g/mol. The molecule has 5 heteroatoms. The van der Waals surface area contributed by atoms with Crippen molar-refractivity contribution in [1.29, 1.82) is 0 Å². The number of ether oxygens (including phenoxy) is 1. The van der Waals surface area contributed by atoms with Gasteiger partial charge in [-0.25, -0.2) is 0 Å². The van der Waals surface area contributed by atoms with E-state index in [0.717, 1.165) is 30.5 Å². The van der Waals surface area contributed by atoms with E-state index >= 15 is 0 Å². The van der Waals surface area contributed by atoms with E-state index in [1.165, 1.54) is 4.88 Å². The molecule has 0 aromatic carbocycles. The summed E-state index contributed by atoms with van der Waals surface area (Å²) in [5, 5.41) is 0. The van der Waals surface area contributed by atoms with Crippen LogP contribution in [-0.4, -0.2) is 36.7 Å². The van der Waals surface area contributed by atoms with Crippen LogP contribution < -0.4 is 5.73 Å². The van der Waals surface area contributed by atoms with Crippen molar-refractivity contribution in [2.24, 2.45) is 17.1 Å². The Morgan fingerprint density at radius 2 is 2.25 bits per heavy atom. The molecule has 1 aromatic rings. The Kier molecular flexibility index (Phi) is 3.67. The third-order valence-electron chi connectivity index (χ3n) is 5.25. The first-order chi connectivity index (χ1) is 9.34. The van der Waals surface area contributed by atoms with Gasteiger partial charge in [0.25, 0.3) is 0 Å². The van der Waals surface area contributed by atoms with Gasteiger partial charge in [0.15, 0.2) is 0 Å². The maximum Gasteiger partial charge on any atom is 0.0931 e. The molecule has 2 heterocycles. The van der Waals surface area contributed by atoms with Crippen LogP contribution in [0.2, 0.25) is 4.34 Å². The fourth-order valence-corrected chi connectivity index (χ4v) is 5.17. The van der Waals surface area contributed by atoms with Crippen LogP contribution in [0.25, 0.3) is 0 Å². The second-order valence-electron chi connectivity index (χ2n) is 6.83. The topological polar surface area (TPSA) is 38.5 Å². The van der Waals surface area contributed by atoms with E-state index in [1.807, 2.05) is 6.07 Å². The molecule has 0 amide bonds. The number of nitrogens with zero attached hydrogens (tertiary/aromatic N) is 1. The first kappa shape index (κ1) is 14.8. The smallest absolute Gasteiger partial charge is 0.0931 e. The summed E-state index contributed by atoms with van der Waals surface area (Å²) in [5.74, 6) is 0.506. The number of hydrogen-bond donors (Lipinski definition) is 1. The van der Waals surface area contributed by atoms with Crippen LogP contribution in [-0.2, 0) is 11.3 Å². The number of halogens is 1. The van der Waals surface area contributed by atoms with Gasteiger partial charge in [-0.3, -0.25) is 4.90 Å². The molecular formula is C15H23ClN2OS. The summed E-state index contributed by atoms with van der Waals surface area (Å²) in [6.07, 6.45) is 1.44. The van der Waals surface area contributed by atoms with Crippen molar-refractivity contribution in [3.8, 4) is 0 Å². The third kappa shape index (κ3) is 2.13. The van der Waals surface area contributed by atoms with E-state index in [9.17, 15) is 0 Å². The van der Waals surface area contributed by atoms with Crippen LogP contribution in [0.3, 0.4) is 0 Å². The van der Waals surface area contributed by atoms with Crippen molar-refractivity contribution >= 4 is 22.9 Å². The standard InChI is InChI=1S/C15H23ClN2OS/c1-14(2)13-11(6-7-19-13)15(14,17)9-18(3)8-10-4-5-12(16)20-10/h4-5,11,13H,6-9,17H2,1-3H3. The molecule has 3 rings (SSSR count). The minimum Gasteiger partial charge on any atom is -0.377 e. The number of hydrogen-bond acceptors (Lipinski definition) is 4. The lowest BCUT2D eigenvalue weighted by Crippen LogP contribution is -2.77. The fourth-order valence-electron chi connectivity index (χ4n) is 4.00. The molecule has 0 spiro atoms. The summed E-state index contributed by atoms with van der Waals surface area (Å²) in [5.41, 5.74) is 6.68. The predicted molar refractivity (Wildman–Crippen MR) is 84.2 cm³/mol. The molecule has 1 saturated carbocycles. The summed E-state index contributed by atoms with van der Waals surface area (Å²) in [4.78, 5) is 3.61. The van der Waals surface area contributed by atoms with Gasteiger partial charge in [0.2, 0.25) is 0 Å². The first-order valence-corrected chi connectivity index (χ1v) is 8.37. The average molecular weight is 315 g/mol. The van der Waals surface area contributed by atoms with Crippen LogP contribution in [0.1, 0.15) is 25.1 Å². The molecule has 112 valence electrons. The summed E-state index contributed by atoms with van der Waals surface area (Å²) >= 11 is 7.64. The largest absolute Gasteiger partial charge is 0.377 e. The fraction of sp³-hybridized carbons (Fsp3) is 0.733. The van der Waals surface area contributed by atoms with Gasteiger partial charge in [0.1, 0.15) is 0 Å². The number of nitrogens with two attached hydrogens (primary N) is 1. The minimum atomic E-state index is -0.149. The Balaban J connectivity index is 1.67. The lowest BCUT2D eigenvalue weighted by atomic mass is 9.48. The van der Waals surface area contributed by atoms with Crippen LogP contribution in [0, 0.1) is 11.3 Å². The van der Waals surface area contributed by atoms with E-state index < -0.39 is 0 Å². The van der Waals surface area contributed by atoms with Gasteiger partial charge >= 0.3 is 0 Å². The maximum absolute atomic E-state index is 6.78. The number of likely N-dealkylation sites (N-methyl/N-ethyl adjacent to an activating group) is 1. The monoisotopic (exact) mass is 314 g/mol. The molecule has 1 aliphatic heterocycles. The zero-order valence-electron chi connectivity index (χ0n) is 12.4. The second-order valence-corrected chi connectivity index (χ2v) is 8.63. The Morgan fingerprint density at radius 1 is 1.50 bits per heavy atom. The SMILES string of the molecule is CN(Cc1ccc(Cl)s1)CC1(N)C2CCOC2C1(C)C. The van der Waals surface area contributed by atoms with Crippen molar-refractivity contribution < 1.29 is 4.74 Å². The van der Waals surface area contributed by atoms with E-state index in [0.29, 0.717) is 12.0 Å². The molecule has 20 heavy (non-hydrogen) atoms. The summed E-state index contributed by atoms with van der Waals surface area (Å²) in [6, 6.07) is 4.06. The van der Waals surface area contributed by atoms with Gasteiger partial charge < -0.3 is 10.5 Å². The molecule has 3 atom stereocenters. The second kappa shape index (κ2) is 4.96. The van der Waals surface area contributed by atoms with E-state index in [-0.39, 0.29) is 11.0 Å². The number of thiophene rings is 1. The molecule has 2 aliphatic rings. The van der Waals surface area contributed by atoms with Crippen LogP contribution in [0.15, 0.2) is 12.1 Å². The molecule has 0 bridgehead atoms.